The Morgan fingerprint density at radius 3 is 2.75 bits per heavy atom. The molecule has 0 fully saturated rings. The molecule has 0 aromatic heterocycles. The molecular weight excluding hydrogens is 247 g/mol. The fourth-order valence-electron chi connectivity index (χ4n) is 1.98. The van der Waals surface area contributed by atoms with Crippen molar-refractivity contribution in [1.29, 1.82) is 0 Å². The first-order chi connectivity index (χ1) is 6.77. The highest BCUT2D eigenvalue weighted by molar-refractivity contribution is 5.85. The van der Waals surface area contributed by atoms with Crippen LogP contribution in [-0.4, -0.2) is 12.5 Å². The Morgan fingerprint density at radius 2 is 2.06 bits per heavy atom. The van der Waals surface area contributed by atoms with Crippen molar-refractivity contribution >= 4 is 30.7 Å². The largest absolute Gasteiger partial charge is 0.370 e. The van der Waals surface area contributed by atoms with Crippen LogP contribution < -0.4 is 11.1 Å². The van der Waals surface area contributed by atoms with Crippen molar-refractivity contribution < 1.29 is 4.79 Å². The molecule has 16 heavy (non-hydrogen) atoms. The summed E-state index contributed by atoms with van der Waals surface area (Å²) < 4.78 is 0. The van der Waals surface area contributed by atoms with Crippen LogP contribution in [0.15, 0.2) is 24.3 Å². The van der Waals surface area contributed by atoms with E-state index in [9.17, 15) is 4.79 Å². The summed E-state index contributed by atoms with van der Waals surface area (Å²) in [5, 5.41) is 3.31. The van der Waals surface area contributed by atoms with Crippen molar-refractivity contribution in [2.45, 2.75) is 18.9 Å². The molecule has 3 nitrogen and oxygen atoms in total. The number of carbonyl (C=O) groups is 1. The molecule has 2 rings (SSSR count). The molecule has 0 spiro atoms. The van der Waals surface area contributed by atoms with Gasteiger partial charge >= 0.3 is 0 Å². The lowest BCUT2D eigenvalue weighted by Gasteiger charge is -2.25. The van der Waals surface area contributed by atoms with Crippen LogP contribution in [0.4, 0.5) is 0 Å². The predicted molar refractivity (Wildman–Crippen MR) is 69.2 cm³/mol. The lowest BCUT2D eigenvalue weighted by Crippen LogP contribution is -2.32. The minimum absolute atomic E-state index is 0. The normalized spacial score (nSPS) is 17.6. The Labute approximate surface area is 108 Å². The fourth-order valence-corrected chi connectivity index (χ4v) is 1.98. The maximum Gasteiger partial charge on any atom is 0.219 e. The standard InChI is InChI=1S/C11H14N2O.2ClH/c12-11(14)7-10-9-4-2-1-3-8(9)5-6-13-10;;/h1-4,10,13H,5-7H2,(H2,12,14);2*1H. The van der Waals surface area contributed by atoms with Gasteiger partial charge in [0.1, 0.15) is 0 Å². The van der Waals surface area contributed by atoms with Gasteiger partial charge in [-0.15, -0.1) is 24.8 Å². The number of hydrogen-bond acceptors (Lipinski definition) is 2. The summed E-state index contributed by atoms with van der Waals surface area (Å²) >= 11 is 0. The molecule has 1 aromatic rings. The number of fused-ring (bicyclic) bond motifs is 1. The monoisotopic (exact) mass is 262 g/mol. The van der Waals surface area contributed by atoms with Crippen LogP contribution in [0.2, 0.25) is 0 Å². The topological polar surface area (TPSA) is 55.1 Å². The third kappa shape index (κ3) is 3.37. The number of hydrogen-bond donors (Lipinski definition) is 2. The number of halogens is 2. The first kappa shape index (κ1) is 15.2. The third-order valence-corrected chi connectivity index (χ3v) is 2.62. The average Bonchev–Trinajstić information content (AvgIpc) is 2.18. The summed E-state index contributed by atoms with van der Waals surface area (Å²) in [6.45, 7) is 0.926. The smallest absolute Gasteiger partial charge is 0.219 e. The zero-order valence-corrected chi connectivity index (χ0v) is 10.4. The molecule has 1 amide bonds. The summed E-state index contributed by atoms with van der Waals surface area (Å²) in [6, 6.07) is 8.32. The minimum Gasteiger partial charge on any atom is -0.370 e. The lowest BCUT2D eigenvalue weighted by molar-refractivity contribution is -0.118. The van der Waals surface area contributed by atoms with Crippen LogP contribution in [0.1, 0.15) is 23.6 Å². The molecule has 1 aliphatic heterocycles. The van der Waals surface area contributed by atoms with Gasteiger partial charge in [-0.05, 0) is 24.1 Å². The molecule has 0 radical (unpaired) electrons. The molecule has 0 aliphatic carbocycles. The van der Waals surface area contributed by atoms with Crippen molar-refractivity contribution in [3.05, 3.63) is 35.4 Å². The lowest BCUT2D eigenvalue weighted by atomic mass is 9.92. The van der Waals surface area contributed by atoms with Gasteiger partial charge in [0, 0.05) is 12.5 Å². The second-order valence-electron chi connectivity index (χ2n) is 3.63. The van der Waals surface area contributed by atoms with Gasteiger partial charge in [-0.1, -0.05) is 24.3 Å². The number of primary amides is 1. The summed E-state index contributed by atoms with van der Waals surface area (Å²) in [5.74, 6) is -0.251. The predicted octanol–water partition coefficient (Wildman–Crippen LogP) is 1.59. The van der Waals surface area contributed by atoms with E-state index in [2.05, 4.69) is 17.4 Å². The number of rotatable bonds is 2. The Morgan fingerprint density at radius 1 is 1.38 bits per heavy atom. The molecule has 1 unspecified atom stereocenters. The van der Waals surface area contributed by atoms with E-state index >= 15 is 0 Å². The zero-order valence-electron chi connectivity index (χ0n) is 8.81. The average molecular weight is 263 g/mol. The summed E-state index contributed by atoms with van der Waals surface area (Å²) in [4.78, 5) is 10.9. The molecule has 1 heterocycles. The molecule has 0 bridgehead atoms. The second-order valence-corrected chi connectivity index (χ2v) is 3.63. The van der Waals surface area contributed by atoms with E-state index in [0.29, 0.717) is 6.42 Å². The molecule has 0 saturated carbocycles. The highest BCUT2D eigenvalue weighted by atomic mass is 35.5. The van der Waals surface area contributed by atoms with Crippen LogP contribution >= 0.6 is 24.8 Å². The first-order valence-electron chi connectivity index (χ1n) is 4.87. The molecular formula is C11H16Cl2N2O. The van der Waals surface area contributed by atoms with Crippen molar-refractivity contribution in [3.8, 4) is 0 Å². The van der Waals surface area contributed by atoms with Gasteiger partial charge in [0.25, 0.3) is 0 Å². The summed E-state index contributed by atoms with van der Waals surface area (Å²) in [7, 11) is 0. The van der Waals surface area contributed by atoms with Crippen molar-refractivity contribution in [2.24, 2.45) is 5.73 Å². The van der Waals surface area contributed by atoms with E-state index < -0.39 is 0 Å². The minimum atomic E-state index is -0.251. The quantitative estimate of drug-likeness (QED) is 0.851. The van der Waals surface area contributed by atoms with E-state index in [4.69, 9.17) is 5.73 Å². The van der Waals surface area contributed by atoms with E-state index in [-0.39, 0.29) is 36.8 Å². The third-order valence-electron chi connectivity index (χ3n) is 2.62. The van der Waals surface area contributed by atoms with Gasteiger partial charge in [0.05, 0.1) is 0 Å². The number of carbonyl (C=O) groups excluding carboxylic acids is 1. The van der Waals surface area contributed by atoms with E-state index in [1.165, 1.54) is 11.1 Å². The Balaban J connectivity index is 0.00000112. The van der Waals surface area contributed by atoms with Gasteiger partial charge in [-0.2, -0.15) is 0 Å². The second kappa shape index (κ2) is 6.74. The number of amides is 1. The number of benzene rings is 1. The number of nitrogens with two attached hydrogens (primary N) is 1. The SMILES string of the molecule is Cl.Cl.NC(=O)CC1NCCc2ccccc21. The van der Waals surface area contributed by atoms with Crippen LogP contribution in [0.5, 0.6) is 0 Å². The van der Waals surface area contributed by atoms with Gasteiger partial charge in [0.2, 0.25) is 5.91 Å². The Kier molecular flexibility index (Phi) is 6.41. The summed E-state index contributed by atoms with van der Waals surface area (Å²) in [6.07, 6.45) is 1.42. The van der Waals surface area contributed by atoms with Crippen LogP contribution in [0.3, 0.4) is 0 Å². The van der Waals surface area contributed by atoms with Crippen molar-refractivity contribution in [2.75, 3.05) is 6.54 Å². The van der Waals surface area contributed by atoms with Crippen LogP contribution in [-0.2, 0) is 11.2 Å². The molecule has 90 valence electrons. The fraction of sp³-hybridized carbons (Fsp3) is 0.364. The van der Waals surface area contributed by atoms with E-state index in [0.717, 1.165) is 13.0 Å². The Bertz CT molecular complexity index is 358. The molecule has 5 heteroatoms. The van der Waals surface area contributed by atoms with Crippen molar-refractivity contribution in [1.82, 2.24) is 5.32 Å². The number of nitrogens with one attached hydrogen (secondary N) is 1. The summed E-state index contributed by atoms with van der Waals surface area (Å²) in [5.41, 5.74) is 7.75. The van der Waals surface area contributed by atoms with Crippen LogP contribution in [0.25, 0.3) is 0 Å². The highest BCUT2D eigenvalue weighted by Gasteiger charge is 2.20. The first-order valence-corrected chi connectivity index (χ1v) is 4.87. The molecule has 1 aliphatic rings. The van der Waals surface area contributed by atoms with Gasteiger partial charge < -0.3 is 11.1 Å². The molecule has 1 aromatic carbocycles. The Hall–Kier alpha value is -0.770. The zero-order chi connectivity index (χ0) is 9.97. The highest BCUT2D eigenvalue weighted by Crippen LogP contribution is 2.24. The van der Waals surface area contributed by atoms with Gasteiger partial charge in [-0.25, -0.2) is 0 Å². The maximum absolute atomic E-state index is 10.9. The van der Waals surface area contributed by atoms with Gasteiger partial charge in [0.15, 0.2) is 0 Å². The van der Waals surface area contributed by atoms with Crippen molar-refractivity contribution in [3.63, 3.8) is 0 Å². The molecule has 3 N–H and O–H groups in total. The van der Waals surface area contributed by atoms with Crippen LogP contribution in [0, 0.1) is 0 Å². The maximum atomic E-state index is 10.9. The van der Waals surface area contributed by atoms with E-state index in [1.807, 2.05) is 12.1 Å². The molecule has 1 atom stereocenters. The molecule has 0 saturated heterocycles. The van der Waals surface area contributed by atoms with E-state index in [1.54, 1.807) is 0 Å². The van der Waals surface area contributed by atoms with Gasteiger partial charge in [-0.3, -0.25) is 4.79 Å².